The molecule has 56 heavy (non-hydrogen) atoms. The quantitative estimate of drug-likeness (QED) is 0.152. The van der Waals surface area contributed by atoms with E-state index in [9.17, 15) is 0 Å². The summed E-state index contributed by atoms with van der Waals surface area (Å²) >= 11 is 0. The third-order valence-electron chi connectivity index (χ3n) is 11.1. The van der Waals surface area contributed by atoms with Crippen molar-refractivity contribution >= 4 is 34.0 Å². The molecule has 1 heterocycles. The van der Waals surface area contributed by atoms with E-state index in [1.807, 2.05) is 0 Å². The average molecular weight is 717 g/mol. The van der Waals surface area contributed by atoms with Crippen LogP contribution < -0.4 is 4.90 Å². The fourth-order valence-electron chi connectivity index (χ4n) is 8.39. The molecule has 10 rings (SSSR count). The third-order valence-corrected chi connectivity index (χ3v) is 11.1. The maximum atomic E-state index is 2.48. The van der Waals surface area contributed by atoms with Gasteiger partial charge in [0.1, 0.15) is 0 Å². The first-order valence-corrected chi connectivity index (χ1v) is 19.5. The number of para-hydroxylation sites is 3. The van der Waals surface area contributed by atoms with Gasteiger partial charge in [-0.1, -0.05) is 170 Å². The zero-order valence-corrected chi connectivity index (χ0v) is 31.1. The van der Waals surface area contributed by atoms with Gasteiger partial charge in [0.25, 0.3) is 0 Å². The smallest absolute Gasteiger partial charge is 0.0541 e. The highest BCUT2D eigenvalue weighted by atomic mass is 15.1. The second-order valence-electron chi connectivity index (χ2n) is 14.4. The Morgan fingerprint density at radius 3 is 1.46 bits per heavy atom. The van der Waals surface area contributed by atoms with Crippen molar-refractivity contribution in [3.63, 3.8) is 0 Å². The van der Waals surface area contributed by atoms with Crippen LogP contribution in [0.15, 0.2) is 212 Å². The van der Waals surface area contributed by atoms with Gasteiger partial charge in [0.2, 0.25) is 0 Å². The minimum absolute atomic E-state index is 1.05. The summed E-state index contributed by atoms with van der Waals surface area (Å²) in [4.78, 5) is 2.41. The fourth-order valence-corrected chi connectivity index (χ4v) is 8.39. The molecule has 0 saturated heterocycles. The van der Waals surface area contributed by atoms with Gasteiger partial charge in [-0.25, -0.2) is 0 Å². The number of aryl methyl sites for hydroxylation is 1. The largest absolute Gasteiger partial charge is 0.310 e. The molecule has 9 aromatic rings. The molecule has 0 saturated carbocycles. The average Bonchev–Trinajstić information content (AvgIpc) is 3.62. The highest BCUT2D eigenvalue weighted by molar-refractivity contribution is 5.95. The molecule has 1 aromatic heterocycles. The van der Waals surface area contributed by atoms with Crippen molar-refractivity contribution in [1.29, 1.82) is 0 Å². The topological polar surface area (TPSA) is 8.17 Å². The van der Waals surface area contributed by atoms with Gasteiger partial charge in [0.15, 0.2) is 0 Å². The van der Waals surface area contributed by atoms with Gasteiger partial charge in [-0.15, -0.1) is 0 Å². The van der Waals surface area contributed by atoms with E-state index in [2.05, 4.69) is 228 Å². The van der Waals surface area contributed by atoms with E-state index in [0.717, 1.165) is 29.9 Å². The number of rotatable bonds is 8. The van der Waals surface area contributed by atoms with Crippen LogP contribution in [0.2, 0.25) is 0 Å². The molecule has 2 nitrogen and oxygen atoms in total. The monoisotopic (exact) mass is 716 g/mol. The summed E-state index contributed by atoms with van der Waals surface area (Å²) in [5.41, 5.74) is 18.0. The second kappa shape index (κ2) is 14.6. The Hall–Kier alpha value is -7.16. The lowest BCUT2D eigenvalue weighted by atomic mass is 9.98. The Morgan fingerprint density at radius 1 is 0.393 bits per heavy atom. The lowest BCUT2D eigenvalue weighted by molar-refractivity contribution is 0.968. The van der Waals surface area contributed by atoms with Gasteiger partial charge in [-0.05, 0) is 100 Å². The van der Waals surface area contributed by atoms with E-state index in [1.54, 1.807) is 0 Å². The lowest BCUT2D eigenvalue weighted by Gasteiger charge is -2.29. The van der Waals surface area contributed by atoms with Crippen molar-refractivity contribution in [3.05, 3.63) is 224 Å². The van der Waals surface area contributed by atoms with Crippen molar-refractivity contribution in [2.45, 2.75) is 12.8 Å². The van der Waals surface area contributed by atoms with Crippen molar-refractivity contribution in [1.82, 2.24) is 4.57 Å². The van der Waals surface area contributed by atoms with Crippen LogP contribution >= 0.6 is 0 Å². The highest BCUT2D eigenvalue weighted by Gasteiger charge is 2.23. The minimum atomic E-state index is 1.05. The van der Waals surface area contributed by atoms with Crippen LogP contribution in [0.3, 0.4) is 0 Å². The Bertz CT molecular complexity index is 2810. The van der Waals surface area contributed by atoms with Gasteiger partial charge >= 0.3 is 0 Å². The molecular weight excluding hydrogens is 677 g/mol. The molecule has 266 valence electrons. The number of anilines is 3. The number of benzene rings is 8. The Kier molecular flexibility index (Phi) is 8.70. The molecule has 2 heteroatoms. The lowest BCUT2D eigenvalue weighted by Crippen LogP contribution is -2.12. The SMILES string of the molecule is C1=Cc2c(c3ccccc3n2-c2ccccc2-c2ccccc2N(c2ccc(-c3ccccc3)cc2)c2ccc(-c3ccc(-c4ccccc4)cc3)cc2)CC1. The molecular formula is C54H40N2. The number of fused-ring (bicyclic) bond motifs is 3. The van der Waals surface area contributed by atoms with Crippen LogP contribution in [0.5, 0.6) is 0 Å². The molecule has 0 N–H and O–H groups in total. The summed E-state index contributed by atoms with van der Waals surface area (Å²) in [6.07, 6.45) is 6.76. The van der Waals surface area contributed by atoms with Crippen molar-refractivity contribution in [3.8, 4) is 50.2 Å². The van der Waals surface area contributed by atoms with E-state index in [1.165, 1.54) is 72.4 Å². The molecule has 0 aliphatic heterocycles. The molecule has 0 unspecified atom stereocenters. The second-order valence-corrected chi connectivity index (χ2v) is 14.4. The summed E-state index contributed by atoms with van der Waals surface area (Å²) in [6.45, 7) is 0. The normalized spacial score (nSPS) is 12.1. The van der Waals surface area contributed by atoms with Gasteiger partial charge in [0, 0.05) is 33.6 Å². The van der Waals surface area contributed by atoms with Gasteiger partial charge in [-0.3, -0.25) is 0 Å². The number of aromatic nitrogens is 1. The van der Waals surface area contributed by atoms with Crippen LogP contribution in [0, 0.1) is 0 Å². The van der Waals surface area contributed by atoms with Crippen LogP contribution in [0.4, 0.5) is 17.1 Å². The Balaban J connectivity index is 1.10. The summed E-state index contributed by atoms with van der Waals surface area (Å²) in [5, 5.41) is 1.34. The van der Waals surface area contributed by atoms with Crippen LogP contribution in [-0.4, -0.2) is 4.57 Å². The van der Waals surface area contributed by atoms with E-state index < -0.39 is 0 Å². The number of hydrogen-bond acceptors (Lipinski definition) is 1. The third kappa shape index (κ3) is 6.12. The van der Waals surface area contributed by atoms with Crippen LogP contribution in [0.25, 0.3) is 67.2 Å². The summed E-state index contributed by atoms with van der Waals surface area (Å²) in [6, 6.07) is 74.7. The van der Waals surface area contributed by atoms with E-state index >= 15 is 0 Å². The van der Waals surface area contributed by atoms with E-state index in [4.69, 9.17) is 0 Å². The molecule has 0 spiro atoms. The minimum Gasteiger partial charge on any atom is -0.310 e. The Morgan fingerprint density at radius 2 is 0.857 bits per heavy atom. The predicted molar refractivity (Wildman–Crippen MR) is 237 cm³/mol. The first-order valence-electron chi connectivity index (χ1n) is 19.5. The predicted octanol–water partition coefficient (Wildman–Crippen LogP) is 14.7. The maximum absolute atomic E-state index is 2.48. The van der Waals surface area contributed by atoms with Crippen LogP contribution in [-0.2, 0) is 6.42 Å². The van der Waals surface area contributed by atoms with Gasteiger partial charge in [0.05, 0.1) is 16.9 Å². The van der Waals surface area contributed by atoms with Gasteiger partial charge < -0.3 is 9.47 Å². The van der Waals surface area contributed by atoms with E-state index in [-0.39, 0.29) is 0 Å². The number of hydrogen-bond donors (Lipinski definition) is 0. The first kappa shape index (κ1) is 33.4. The molecule has 8 aromatic carbocycles. The number of allylic oxidation sites excluding steroid dienone is 1. The summed E-state index contributed by atoms with van der Waals surface area (Å²) in [7, 11) is 0. The highest BCUT2D eigenvalue weighted by Crippen LogP contribution is 2.45. The van der Waals surface area contributed by atoms with Gasteiger partial charge in [-0.2, -0.15) is 0 Å². The molecule has 1 aliphatic carbocycles. The molecule has 0 bridgehead atoms. The Labute approximate surface area is 328 Å². The molecule has 0 atom stereocenters. The van der Waals surface area contributed by atoms with Crippen molar-refractivity contribution in [2.24, 2.45) is 0 Å². The first-order chi connectivity index (χ1) is 27.8. The molecule has 1 aliphatic rings. The van der Waals surface area contributed by atoms with Crippen LogP contribution in [0.1, 0.15) is 17.7 Å². The zero-order valence-electron chi connectivity index (χ0n) is 31.1. The fraction of sp³-hybridized carbons (Fsp3) is 0.0370. The summed E-state index contributed by atoms with van der Waals surface area (Å²) in [5.74, 6) is 0. The zero-order chi connectivity index (χ0) is 37.3. The molecule has 0 fully saturated rings. The summed E-state index contributed by atoms with van der Waals surface area (Å²) < 4.78 is 2.48. The molecule has 0 radical (unpaired) electrons. The maximum Gasteiger partial charge on any atom is 0.0541 e. The standard InChI is InChI=1S/C54H40N2/c1-3-15-39(16-4-1)41-27-29-42(30-28-41)44-33-37-46(38-34-44)55(45-35-31-43(32-36-45)40-17-5-2-6-18-40)51-23-11-7-19-47(51)48-20-8-12-24-52(48)56-53-25-13-9-21-49(53)50-22-10-14-26-54(50)56/h1-9,11-21,23-38H,10,22H2. The van der Waals surface area contributed by atoms with E-state index in [0.29, 0.717) is 0 Å². The molecule has 0 amide bonds. The van der Waals surface area contributed by atoms with Crippen molar-refractivity contribution < 1.29 is 0 Å². The van der Waals surface area contributed by atoms with Crippen molar-refractivity contribution in [2.75, 3.05) is 4.90 Å². The number of nitrogens with zero attached hydrogens (tertiary/aromatic N) is 2.